The van der Waals surface area contributed by atoms with Gasteiger partial charge < -0.3 is 5.11 Å². The third kappa shape index (κ3) is 7.24. The minimum absolute atomic E-state index is 0.732. The lowest BCUT2D eigenvalue weighted by molar-refractivity contribution is -0.131. The van der Waals surface area contributed by atoms with Gasteiger partial charge in [0.2, 0.25) is 0 Å². The summed E-state index contributed by atoms with van der Waals surface area (Å²) < 4.78 is 0. The summed E-state index contributed by atoms with van der Waals surface area (Å²) in [5.74, 6) is -0.910. The molecular weight excluding hydrogens is 236 g/mol. The molecule has 0 aromatic rings. The van der Waals surface area contributed by atoms with Gasteiger partial charge in [-0.1, -0.05) is 47.6 Å². The Balaban J connectivity index is 2.53. The Labute approximate surface area is 115 Å². The molecule has 0 radical (unpaired) electrons. The van der Waals surface area contributed by atoms with Gasteiger partial charge in [-0.3, -0.25) is 0 Å². The number of hydrogen-bond donors (Lipinski definition) is 1. The Morgan fingerprint density at radius 1 is 1.21 bits per heavy atom. The number of carboxylic acid groups (broad SMARTS) is 1. The number of allylic oxidation sites excluding steroid dienone is 9. The van der Waals surface area contributed by atoms with Gasteiger partial charge in [-0.15, -0.1) is 0 Å². The van der Waals surface area contributed by atoms with Gasteiger partial charge in [0.05, 0.1) is 0 Å². The van der Waals surface area contributed by atoms with E-state index in [1.165, 1.54) is 37.3 Å². The molecule has 2 nitrogen and oxygen atoms in total. The lowest BCUT2D eigenvalue weighted by Crippen LogP contribution is -1.88. The Kier molecular flexibility index (Phi) is 6.65. The molecule has 1 rings (SSSR count). The Morgan fingerprint density at radius 2 is 2.00 bits per heavy atom. The van der Waals surface area contributed by atoms with Crippen molar-refractivity contribution >= 4 is 5.97 Å². The monoisotopic (exact) mass is 258 g/mol. The van der Waals surface area contributed by atoms with Crippen molar-refractivity contribution in [3.05, 3.63) is 59.3 Å². The van der Waals surface area contributed by atoms with Crippen molar-refractivity contribution in [2.24, 2.45) is 0 Å². The average Bonchev–Trinajstić information content (AvgIpc) is 2.36. The SMILES string of the molecule is CC(=C/C=C/C(C)=C/C(=O)O)/C=C/C1=CCCCC1. The molecule has 2 heteroatoms. The number of carbonyl (C=O) groups is 1. The lowest BCUT2D eigenvalue weighted by Gasteiger charge is -2.07. The largest absolute Gasteiger partial charge is 0.478 e. The minimum Gasteiger partial charge on any atom is -0.478 e. The van der Waals surface area contributed by atoms with E-state index >= 15 is 0 Å². The van der Waals surface area contributed by atoms with Crippen LogP contribution in [0.4, 0.5) is 0 Å². The summed E-state index contributed by atoms with van der Waals surface area (Å²) in [6.07, 6.45) is 18.4. The molecule has 1 N–H and O–H groups in total. The molecule has 0 atom stereocenters. The second-order valence-electron chi connectivity index (χ2n) is 4.85. The molecule has 0 amide bonds. The van der Waals surface area contributed by atoms with E-state index in [4.69, 9.17) is 5.11 Å². The molecule has 0 saturated carbocycles. The van der Waals surface area contributed by atoms with E-state index in [2.05, 4.69) is 18.2 Å². The number of hydrogen-bond acceptors (Lipinski definition) is 1. The van der Waals surface area contributed by atoms with Crippen LogP contribution < -0.4 is 0 Å². The van der Waals surface area contributed by atoms with Crippen LogP contribution in [0.2, 0.25) is 0 Å². The fourth-order valence-corrected chi connectivity index (χ4v) is 1.90. The summed E-state index contributed by atoms with van der Waals surface area (Å²) >= 11 is 0. The van der Waals surface area contributed by atoms with Crippen LogP contribution in [0.1, 0.15) is 39.5 Å². The van der Waals surface area contributed by atoms with E-state index in [0.29, 0.717) is 0 Å². The van der Waals surface area contributed by atoms with Crippen LogP contribution in [-0.4, -0.2) is 11.1 Å². The van der Waals surface area contributed by atoms with Gasteiger partial charge in [-0.2, -0.15) is 0 Å². The van der Waals surface area contributed by atoms with Crippen LogP contribution in [0.5, 0.6) is 0 Å². The Morgan fingerprint density at radius 3 is 2.63 bits per heavy atom. The first-order valence-electron chi connectivity index (χ1n) is 6.71. The molecule has 0 aromatic carbocycles. The zero-order valence-corrected chi connectivity index (χ0v) is 11.7. The lowest BCUT2D eigenvalue weighted by atomic mass is 9.99. The first kappa shape index (κ1) is 15.2. The molecule has 0 saturated heterocycles. The third-order valence-electron chi connectivity index (χ3n) is 2.96. The molecule has 0 aromatic heterocycles. The van der Waals surface area contributed by atoms with Gasteiger partial charge in [-0.25, -0.2) is 4.79 Å². The highest BCUT2D eigenvalue weighted by Gasteiger charge is 1.98. The van der Waals surface area contributed by atoms with E-state index in [0.717, 1.165) is 11.1 Å². The molecule has 102 valence electrons. The van der Waals surface area contributed by atoms with Crippen molar-refractivity contribution in [2.75, 3.05) is 0 Å². The maximum atomic E-state index is 10.4. The molecule has 0 heterocycles. The van der Waals surface area contributed by atoms with Gasteiger partial charge in [0, 0.05) is 6.08 Å². The average molecular weight is 258 g/mol. The van der Waals surface area contributed by atoms with Crippen molar-refractivity contribution in [1.82, 2.24) is 0 Å². The normalized spacial score (nSPS) is 18.1. The molecule has 1 aliphatic carbocycles. The highest BCUT2D eigenvalue weighted by molar-refractivity contribution is 5.81. The molecule has 0 fully saturated rings. The second-order valence-corrected chi connectivity index (χ2v) is 4.85. The van der Waals surface area contributed by atoms with Gasteiger partial charge in [0.25, 0.3) is 0 Å². The zero-order chi connectivity index (χ0) is 14.1. The molecule has 0 aliphatic heterocycles. The van der Waals surface area contributed by atoms with E-state index in [1.807, 2.05) is 19.1 Å². The third-order valence-corrected chi connectivity index (χ3v) is 2.96. The van der Waals surface area contributed by atoms with Crippen LogP contribution >= 0.6 is 0 Å². The van der Waals surface area contributed by atoms with Gasteiger partial charge in [-0.05, 0) is 45.1 Å². The van der Waals surface area contributed by atoms with E-state index < -0.39 is 5.97 Å². The fraction of sp³-hybridized carbons (Fsp3) is 0.353. The Hall–Kier alpha value is -1.83. The predicted molar refractivity (Wildman–Crippen MR) is 80.0 cm³/mol. The predicted octanol–water partition coefficient (Wildman–Crippen LogP) is 4.58. The smallest absolute Gasteiger partial charge is 0.328 e. The van der Waals surface area contributed by atoms with Gasteiger partial charge in [0.15, 0.2) is 0 Å². The maximum Gasteiger partial charge on any atom is 0.328 e. The quantitative estimate of drug-likeness (QED) is 0.579. The summed E-state index contributed by atoms with van der Waals surface area (Å²) in [6.45, 7) is 3.82. The van der Waals surface area contributed by atoms with Gasteiger partial charge >= 0.3 is 5.97 Å². The minimum atomic E-state index is -0.910. The van der Waals surface area contributed by atoms with Crippen molar-refractivity contribution in [2.45, 2.75) is 39.5 Å². The molecular formula is C17H22O2. The molecule has 0 spiro atoms. The summed E-state index contributed by atoms with van der Waals surface area (Å²) in [6, 6.07) is 0. The Bertz CT molecular complexity index is 460. The van der Waals surface area contributed by atoms with E-state index in [-0.39, 0.29) is 0 Å². The van der Waals surface area contributed by atoms with Crippen LogP contribution in [0.3, 0.4) is 0 Å². The van der Waals surface area contributed by atoms with E-state index in [1.54, 1.807) is 13.0 Å². The number of carboxylic acids is 1. The van der Waals surface area contributed by atoms with E-state index in [9.17, 15) is 4.79 Å². The zero-order valence-electron chi connectivity index (χ0n) is 11.7. The van der Waals surface area contributed by atoms with Crippen molar-refractivity contribution in [1.29, 1.82) is 0 Å². The van der Waals surface area contributed by atoms with Crippen molar-refractivity contribution < 1.29 is 9.90 Å². The summed E-state index contributed by atoms with van der Waals surface area (Å²) in [5, 5.41) is 8.58. The number of aliphatic carboxylic acids is 1. The maximum absolute atomic E-state index is 10.4. The fourth-order valence-electron chi connectivity index (χ4n) is 1.90. The topological polar surface area (TPSA) is 37.3 Å². The summed E-state index contributed by atoms with van der Waals surface area (Å²) in [4.78, 5) is 10.4. The number of rotatable bonds is 5. The van der Waals surface area contributed by atoms with Gasteiger partial charge in [0.1, 0.15) is 0 Å². The second kappa shape index (κ2) is 8.30. The molecule has 1 aliphatic rings. The molecule has 0 bridgehead atoms. The van der Waals surface area contributed by atoms with Crippen LogP contribution in [0, 0.1) is 0 Å². The highest BCUT2D eigenvalue weighted by atomic mass is 16.4. The standard InChI is InChI=1S/C17H22O2/c1-14(7-6-8-15(2)13-17(18)19)11-12-16-9-4-3-5-10-16/h6-9,11-13H,3-5,10H2,1-2H3,(H,18,19)/b8-6+,12-11+,14-7-,15-13+. The summed E-state index contributed by atoms with van der Waals surface area (Å²) in [7, 11) is 0. The summed E-state index contributed by atoms with van der Waals surface area (Å²) in [5.41, 5.74) is 3.31. The first-order valence-corrected chi connectivity index (χ1v) is 6.71. The molecule has 19 heavy (non-hydrogen) atoms. The van der Waals surface area contributed by atoms with Crippen LogP contribution in [0.15, 0.2) is 59.3 Å². The van der Waals surface area contributed by atoms with Crippen LogP contribution in [-0.2, 0) is 4.79 Å². The van der Waals surface area contributed by atoms with Crippen LogP contribution in [0.25, 0.3) is 0 Å². The first-order chi connectivity index (χ1) is 9.08. The highest BCUT2D eigenvalue weighted by Crippen LogP contribution is 2.18. The van der Waals surface area contributed by atoms with Crippen molar-refractivity contribution in [3.8, 4) is 0 Å². The molecule has 0 unspecified atom stereocenters. The van der Waals surface area contributed by atoms with Crippen molar-refractivity contribution in [3.63, 3.8) is 0 Å².